The first-order chi connectivity index (χ1) is 8.62. The number of nitrogens with one attached hydrogen (secondary N) is 1. The Morgan fingerprint density at radius 3 is 2.78 bits per heavy atom. The van der Waals surface area contributed by atoms with Crippen LogP contribution in [0.3, 0.4) is 0 Å². The minimum atomic E-state index is -3.12. The van der Waals surface area contributed by atoms with Crippen LogP contribution in [0.2, 0.25) is 0 Å². The van der Waals surface area contributed by atoms with Gasteiger partial charge >= 0.3 is 0 Å². The van der Waals surface area contributed by atoms with Crippen LogP contribution in [0, 0.1) is 0 Å². The molecule has 0 bridgehead atoms. The largest absolute Gasteiger partial charge is 0.299 e. The van der Waals surface area contributed by atoms with E-state index in [1.807, 2.05) is 0 Å². The van der Waals surface area contributed by atoms with Gasteiger partial charge in [-0.1, -0.05) is 6.42 Å². The summed E-state index contributed by atoms with van der Waals surface area (Å²) in [6.07, 6.45) is 5.99. The predicted molar refractivity (Wildman–Crippen MR) is 74.5 cm³/mol. The number of sulfonamides is 1. The molecule has 0 aliphatic carbocycles. The highest BCUT2D eigenvalue weighted by atomic mass is 35.5. The Labute approximate surface area is 115 Å². The number of hydrogen-bond donors (Lipinski definition) is 1. The van der Waals surface area contributed by atoms with E-state index in [1.165, 1.54) is 12.8 Å². The molecule has 0 aromatic rings. The van der Waals surface area contributed by atoms with E-state index in [0.29, 0.717) is 18.3 Å². The molecule has 106 valence electrons. The van der Waals surface area contributed by atoms with Crippen molar-refractivity contribution in [2.75, 3.05) is 24.7 Å². The third-order valence-corrected chi connectivity index (χ3v) is 5.74. The second-order valence-corrected chi connectivity index (χ2v) is 7.58. The van der Waals surface area contributed by atoms with Crippen molar-refractivity contribution in [1.82, 2.24) is 9.62 Å². The van der Waals surface area contributed by atoms with Crippen molar-refractivity contribution in [2.45, 2.75) is 50.6 Å². The molecule has 2 heterocycles. The summed E-state index contributed by atoms with van der Waals surface area (Å²) in [5.41, 5.74) is 0. The van der Waals surface area contributed by atoms with E-state index in [0.717, 1.165) is 32.4 Å². The van der Waals surface area contributed by atoms with Crippen LogP contribution in [-0.4, -0.2) is 50.1 Å². The summed E-state index contributed by atoms with van der Waals surface area (Å²) in [7, 11) is -3.12. The molecule has 2 fully saturated rings. The van der Waals surface area contributed by atoms with Gasteiger partial charge in [-0.25, -0.2) is 13.1 Å². The first-order valence-corrected chi connectivity index (χ1v) is 9.11. The van der Waals surface area contributed by atoms with Crippen molar-refractivity contribution < 1.29 is 8.42 Å². The van der Waals surface area contributed by atoms with Crippen molar-refractivity contribution in [3.8, 4) is 0 Å². The van der Waals surface area contributed by atoms with E-state index in [2.05, 4.69) is 9.62 Å². The number of unbranched alkanes of at least 4 members (excludes halogenated alkanes) is 1. The highest BCUT2D eigenvalue weighted by Crippen LogP contribution is 2.27. The Kier molecular flexibility index (Phi) is 5.30. The fourth-order valence-corrected chi connectivity index (χ4v) is 4.69. The Hall–Kier alpha value is 0.160. The summed E-state index contributed by atoms with van der Waals surface area (Å²) in [5, 5.41) is 0. The molecule has 2 saturated heterocycles. The van der Waals surface area contributed by atoms with Crippen LogP contribution in [0.1, 0.15) is 38.5 Å². The fraction of sp³-hybridized carbons (Fsp3) is 1.00. The summed E-state index contributed by atoms with van der Waals surface area (Å²) in [5.74, 6) is 0.748. The normalized spacial score (nSPS) is 29.4. The zero-order chi connectivity index (χ0) is 13.0. The van der Waals surface area contributed by atoms with E-state index in [4.69, 9.17) is 11.6 Å². The molecule has 2 aliphatic rings. The molecule has 0 radical (unpaired) electrons. The van der Waals surface area contributed by atoms with Gasteiger partial charge in [0, 0.05) is 24.5 Å². The van der Waals surface area contributed by atoms with Crippen LogP contribution in [0.4, 0.5) is 0 Å². The second kappa shape index (κ2) is 6.55. The Balaban J connectivity index is 1.85. The molecular formula is C12H23ClN2O2S. The summed E-state index contributed by atoms with van der Waals surface area (Å²) in [6, 6.07) is 0.563. The van der Waals surface area contributed by atoms with Gasteiger partial charge in [0.05, 0.1) is 5.75 Å². The summed E-state index contributed by atoms with van der Waals surface area (Å²) < 4.78 is 26.8. The summed E-state index contributed by atoms with van der Waals surface area (Å²) in [4.78, 5) is 2.44. The van der Waals surface area contributed by atoms with E-state index in [1.54, 1.807) is 0 Å². The van der Waals surface area contributed by atoms with Crippen molar-refractivity contribution in [3.63, 3.8) is 0 Å². The number of hydrogen-bond acceptors (Lipinski definition) is 3. The van der Waals surface area contributed by atoms with Gasteiger partial charge in [-0.2, -0.15) is 0 Å². The van der Waals surface area contributed by atoms with Gasteiger partial charge in [-0.3, -0.25) is 4.90 Å². The first-order valence-electron chi connectivity index (χ1n) is 6.92. The lowest BCUT2D eigenvalue weighted by atomic mass is 10.00. The average molecular weight is 295 g/mol. The van der Waals surface area contributed by atoms with Crippen molar-refractivity contribution in [3.05, 3.63) is 0 Å². The summed E-state index contributed by atoms with van der Waals surface area (Å²) >= 11 is 5.57. The smallest absolute Gasteiger partial charge is 0.211 e. The van der Waals surface area contributed by atoms with Crippen LogP contribution in [0.5, 0.6) is 0 Å². The molecule has 0 aromatic heterocycles. The van der Waals surface area contributed by atoms with Gasteiger partial charge in [-0.15, -0.1) is 11.6 Å². The molecule has 1 N–H and O–H groups in total. The van der Waals surface area contributed by atoms with E-state index in [9.17, 15) is 8.42 Å². The molecule has 2 rings (SSSR count). The second-order valence-electron chi connectivity index (χ2n) is 5.33. The maximum atomic E-state index is 12.0. The van der Waals surface area contributed by atoms with E-state index in [-0.39, 0.29) is 11.8 Å². The van der Waals surface area contributed by atoms with Crippen LogP contribution >= 0.6 is 11.6 Å². The molecule has 4 nitrogen and oxygen atoms in total. The third kappa shape index (κ3) is 3.83. The fourth-order valence-electron chi connectivity index (χ4n) is 3.06. The molecule has 18 heavy (non-hydrogen) atoms. The standard InChI is InChI=1S/C12H23ClN2O2S/c13-7-2-4-10-18(16,17)14-11-6-9-15-8-3-1-5-12(11)15/h11-12,14H,1-10H2. The minimum Gasteiger partial charge on any atom is -0.299 e. The number of alkyl halides is 1. The number of nitrogens with zero attached hydrogens (tertiary/aromatic N) is 1. The molecule has 0 aromatic carbocycles. The van der Waals surface area contributed by atoms with Crippen LogP contribution < -0.4 is 4.72 Å². The topological polar surface area (TPSA) is 49.4 Å². The number of halogens is 1. The molecule has 2 atom stereocenters. The van der Waals surface area contributed by atoms with Crippen LogP contribution in [-0.2, 0) is 10.0 Å². The average Bonchev–Trinajstić information content (AvgIpc) is 2.72. The summed E-state index contributed by atoms with van der Waals surface area (Å²) in [6.45, 7) is 2.18. The number of piperidine rings is 1. The quantitative estimate of drug-likeness (QED) is 0.597. The first kappa shape index (κ1) is 14.6. The Morgan fingerprint density at radius 2 is 2.00 bits per heavy atom. The minimum absolute atomic E-state index is 0.131. The zero-order valence-electron chi connectivity index (χ0n) is 10.8. The highest BCUT2D eigenvalue weighted by Gasteiger charge is 2.37. The molecule has 2 aliphatic heterocycles. The van der Waals surface area contributed by atoms with Crippen LogP contribution in [0.25, 0.3) is 0 Å². The van der Waals surface area contributed by atoms with Crippen molar-refractivity contribution in [2.24, 2.45) is 0 Å². The van der Waals surface area contributed by atoms with Gasteiger partial charge in [0.25, 0.3) is 0 Å². The monoisotopic (exact) mass is 294 g/mol. The molecule has 2 unspecified atom stereocenters. The molecule has 6 heteroatoms. The van der Waals surface area contributed by atoms with Crippen molar-refractivity contribution >= 4 is 21.6 Å². The highest BCUT2D eigenvalue weighted by molar-refractivity contribution is 7.89. The lowest BCUT2D eigenvalue weighted by molar-refractivity contribution is 0.186. The third-order valence-electron chi connectivity index (χ3n) is 3.98. The van der Waals surface area contributed by atoms with Gasteiger partial charge in [0.15, 0.2) is 0 Å². The number of fused-ring (bicyclic) bond motifs is 1. The van der Waals surface area contributed by atoms with Gasteiger partial charge in [0.1, 0.15) is 0 Å². The van der Waals surface area contributed by atoms with Gasteiger partial charge in [0.2, 0.25) is 10.0 Å². The lowest BCUT2D eigenvalue weighted by Crippen LogP contribution is -2.47. The SMILES string of the molecule is O=S(=O)(CCCCCl)NC1CCN2CCCCC12. The molecule has 0 spiro atoms. The van der Waals surface area contributed by atoms with Gasteiger partial charge < -0.3 is 0 Å². The maximum Gasteiger partial charge on any atom is 0.211 e. The van der Waals surface area contributed by atoms with Crippen molar-refractivity contribution in [1.29, 1.82) is 0 Å². The lowest BCUT2D eigenvalue weighted by Gasteiger charge is -2.32. The van der Waals surface area contributed by atoms with E-state index < -0.39 is 10.0 Å². The molecular weight excluding hydrogens is 272 g/mol. The van der Waals surface area contributed by atoms with Crippen LogP contribution in [0.15, 0.2) is 0 Å². The van der Waals surface area contributed by atoms with Gasteiger partial charge in [-0.05, 0) is 38.6 Å². The number of rotatable bonds is 6. The van der Waals surface area contributed by atoms with E-state index >= 15 is 0 Å². The molecule has 0 amide bonds. The molecule has 0 saturated carbocycles. The predicted octanol–water partition coefficient (Wildman–Crippen LogP) is 1.55. The Bertz CT molecular complexity index is 361. The maximum absolute atomic E-state index is 12.0. The Morgan fingerprint density at radius 1 is 1.17 bits per heavy atom. The zero-order valence-corrected chi connectivity index (χ0v) is 12.3.